The van der Waals surface area contributed by atoms with Crippen LogP contribution in [0.15, 0.2) is 12.1 Å². The first kappa shape index (κ1) is 16.0. The summed E-state index contributed by atoms with van der Waals surface area (Å²) in [5.41, 5.74) is 0.0184. The third-order valence-electron chi connectivity index (χ3n) is 3.31. The molecule has 116 valence electrons. The Morgan fingerprint density at radius 3 is 2.67 bits per heavy atom. The van der Waals surface area contributed by atoms with Gasteiger partial charge < -0.3 is 24.3 Å². The number of methoxy groups -OCH3 is 1. The summed E-state index contributed by atoms with van der Waals surface area (Å²) < 4.78 is 29.7. The van der Waals surface area contributed by atoms with E-state index in [9.17, 15) is 4.39 Å². The number of morpholine rings is 1. The number of nitrogens with zero attached hydrogens (tertiary/aromatic N) is 1. The Balaban J connectivity index is 1.98. The molecule has 21 heavy (non-hydrogen) atoms. The molecule has 0 atom stereocenters. The minimum absolute atomic E-state index is 0.0184. The minimum atomic E-state index is -1.75. The van der Waals surface area contributed by atoms with Crippen LogP contribution in [0.4, 0.5) is 4.39 Å². The Hall–Kier alpha value is -1.35. The van der Waals surface area contributed by atoms with Gasteiger partial charge in [0.05, 0.1) is 20.3 Å². The summed E-state index contributed by atoms with van der Waals surface area (Å²) in [6.07, 6.45) is 0. The lowest BCUT2D eigenvalue weighted by molar-refractivity contribution is 0.0319. The van der Waals surface area contributed by atoms with Crippen molar-refractivity contribution in [3.05, 3.63) is 17.9 Å². The van der Waals surface area contributed by atoms with E-state index < -0.39 is 12.9 Å². The van der Waals surface area contributed by atoms with Gasteiger partial charge in [-0.2, -0.15) is 0 Å². The molecular formula is C13H19BFNO5. The number of hydrogen-bond acceptors (Lipinski definition) is 6. The van der Waals surface area contributed by atoms with Gasteiger partial charge in [0.25, 0.3) is 0 Å². The topological polar surface area (TPSA) is 71.4 Å². The van der Waals surface area contributed by atoms with Gasteiger partial charge in [-0.3, -0.25) is 4.90 Å². The van der Waals surface area contributed by atoms with Gasteiger partial charge in [0.1, 0.15) is 6.61 Å². The van der Waals surface area contributed by atoms with Gasteiger partial charge >= 0.3 is 7.12 Å². The summed E-state index contributed by atoms with van der Waals surface area (Å²) in [6.45, 7) is 4.03. The Morgan fingerprint density at radius 2 is 2.05 bits per heavy atom. The van der Waals surface area contributed by atoms with E-state index in [4.69, 9.17) is 24.3 Å². The first-order chi connectivity index (χ1) is 10.1. The van der Waals surface area contributed by atoms with E-state index in [-0.39, 0.29) is 17.0 Å². The lowest BCUT2D eigenvalue weighted by Crippen LogP contribution is -2.38. The van der Waals surface area contributed by atoms with Crippen LogP contribution in [0, 0.1) is 5.82 Å². The molecule has 8 heteroatoms. The highest BCUT2D eigenvalue weighted by atomic mass is 19.1. The summed E-state index contributed by atoms with van der Waals surface area (Å²) in [7, 11) is -0.382. The van der Waals surface area contributed by atoms with Crippen molar-refractivity contribution in [3.8, 4) is 11.5 Å². The molecular weight excluding hydrogens is 280 g/mol. The average molecular weight is 299 g/mol. The smallest absolute Gasteiger partial charge is 0.488 e. The van der Waals surface area contributed by atoms with Gasteiger partial charge in [0.15, 0.2) is 17.3 Å². The second-order valence-corrected chi connectivity index (χ2v) is 4.71. The van der Waals surface area contributed by atoms with Gasteiger partial charge in [0, 0.05) is 19.6 Å². The molecule has 1 fully saturated rings. The van der Waals surface area contributed by atoms with Crippen LogP contribution in [0.1, 0.15) is 0 Å². The van der Waals surface area contributed by atoms with Crippen LogP contribution < -0.4 is 14.9 Å². The van der Waals surface area contributed by atoms with Crippen LogP contribution in [0.5, 0.6) is 11.5 Å². The third-order valence-corrected chi connectivity index (χ3v) is 3.31. The van der Waals surface area contributed by atoms with Crippen molar-refractivity contribution in [2.75, 3.05) is 46.6 Å². The average Bonchev–Trinajstić information content (AvgIpc) is 2.49. The van der Waals surface area contributed by atoms with E-state index in [0.29, 0.717) is 26.4 Å². The van der Waals surface area contributed by atoms with E-state index in [2.05, 4.69) is 4.90 Å². The highest BCUT2D eigenvalue weighted by molar-refractivity contribution is 6.58. The first-order valence-corrected chi connectivity index (χ1v) is 6.78. The minimum Gasteiger partial charge on any atom is -0.493 e. The standard InChI is InChI=1S/C13H19BFNO5/c1-19-12-9-10(14(17)18)8-11(15)13(12)21-7-4-16-2-5-20-6-3-16/h8-9,17-18H,2-7H2,1H3. The van der Waals surface area contributed by atoms with Crippen molar-refractivity contribution in [1.82, 2.24) is 4.90 Å². The monoisotopic (exact) mass is 299 g/mol. The van der Waals surface area contributed by atoms with Crippen LogP contribution in [-0.2, 0) is 4.74 Å². The predicted molar refractivity (Wildman–Crippen MR) is 75.5 cm³/mol. The van der Waals surface area contributed by atoms with Crippen molar-refractivity contribution in [2.45, 2.75) is 0 Å². The van der Waals surface area contributed by atoms with Crippen molar-refractivity contribution >= 4 is 12.6 Å². The molecule has 1 aliphatic heterocycles. The molecule has 0 saturated carbocycles. The van der Waals surface area contributed by atoms with E-state index in [1.807, 2.05) is 0 Å². The molecule has 0 radical (unpaired) electrons. The largest absolute Gasteiger partial charge is 0.493 e. The highest BCUT2D eigenvalue weighted by Gasteiger charge is 2.20. The van der Waals surface area contributed by atoms with E-state index >= 15 is 0 Å². The molecule has 1 aromatic carbocycles. The molecule has 0 unspecified atom stereocenters. The fourth-order valence-corrected chi connectivity index (χ4v) is 2.13. The van der Waals surface area contributed by atoms with Crippen LogP contribution in [0.25, 0.3) is 0 Å². The van der Waals surface area contributed by atoms with Crippen LogP contribution in [0.3, 0.4) is 0 Å². The molecule has 2 rings (SSSR count). The molecule has 0 aromatic heterocycles. The zero-order valence-corrected chi connectivity index (χ0v) is 11.9. The van der Waals surface area contributed by atoms with Gasteiger partial charge in [0.2, 0.25) is 0 Å². The summed E-state index contributed by atoms with van der Waals surface area (Å²) in [4.78, 5) is 2.17. The second kappa shape index (κ2) is 7.60. The summed E-state index contributed by atoms with van der Waals surface area (Å²) in [6, 6.07) is 2.37. The van der Waals surface area contributed by atoms with Gasteiger partial charge in [-0.15, -0.1) is 0 Å². The molecule has 1 aliphatic rings. The molecule has 1 heterocycles. The molecule has 0 spiro atoms. The second-order valence-electron chi connectivity index (χ2n) is 4.71. The molecule has 0 amide bonds. The van der Waals surface area contributed by atoms with E-state index in [0.717, 1.165) is 19.2 Å². The van der Waals surface area contributed by atoms with Gasteiger partial charge in [-0.25, -0.2) is 4.39 Å². The molecule has 0 bridgehead atoms. The normalized spacial score (nSPS) is 15.8. The zero-order valence-electron chi connectivity index (χ0n) is 11.9. The van der Waals surface area contributed by atoms with Crippen LogP contribution >= 0.6 is 0 Å². The lowest BCUT2D eigenvalue weighted by atomic mass is 9.80. The number of rotatable bonds is 6. The maximum Gasteiger partial charge on any atom is 0.488 e. The molecule has 2 N–H and O–H groups in total. The van der Waals surface area contributed by atoms with E-state index in [1.54, 1.807) is 0 Å². The molecule has 6 nitrogen and oxygen atoms in total. The fourth-order valence-electron chi connectivity index (χ4n) is 2.13. The zero-order chi connectivity index (χ0) is 15.2. The highest BCUT2D eigenvalue weighted by Crippen LogP contribution is 2.29. The van der Waals surface area contributed by atoms with Crippen LogP contribution in [0.2, 0.25) is 0 Å². The van der Waals surface area contributed by atoms with Gasteiger partial charge in [-0.05, 0) is 17.6 Å². The fraction of sp³-hybridized carbons (Fsp3) is 0.538. The Kier molecular flexibility index (Phi) is 5.80. The third kappa shape index (κ3) is 4.31. The SMILES string of the molecule is COc1cc(B(O)O)cc(F)c1OCCN1CCOCC1. The number of benzene rings is 1. The quantitative estimate of drug-likeness (QED) is 0.672. The lowest BCUT2D eigenvalue weighted by Gasteiger charge is -2.26. The van der Waals surface area contributed by atoms with Crippen molar-refractivity contribution < 1.29 is 28.6 Å². The Bertz CT molecular complexity index is 468. The van der Waals surface area contributed by atoms with Gasteiger partial charge in [-0.1, -0.05) is 0 Å². The van der Waals surface area contributed by atoms with Crippen molar-refractivity contribution in [3.63, 3.8) is 0 Å². The molecule has 1 saturated heterocycles. The van der Waals surface area contributed by atoms with E-state index in [1.165, 1.54) is 13.2 Å². The molecule has 1 aromatic rings. The van der Waals surface area contributed by atoms with Crippen molar-refractivity contribution in [2.24, 2.45) is 0 Å². The number of ether oxygens (including phenoxy) is 3. The maximum atomic E-state index is 14.0. The summed E-state index contributed by atoms with van der Waals surface area (Å²) in [5.74, 6) is -0.560. The predicted octanol–water partition coefficient (Wildman–Crippen LogP) is -0.775. The van der Waals surface area contributed by atoms with Crippen LogP contribution in [-0.4, -0.2) is 68.6 Å². The number of halogens is 1. The molecule has 0 aliphatic carbocycles. The maximum absolute atomic E-state index is 14.0. The number of hydrogen-bond donors (Lipinski definition) is 2. The Labute approximate surface area is 123 Å². The Morgan fingerprint density at radius 1 is 1.33 bits per heavy atom. The summed E-state index contributed by atoms with van der Waals surface area (Å²) in [5, 5.41) is 18.2. The summed E-state index contributed by atoms with van der Waals surface area (Å²) >= 11 is 0. The van der Waals surface area contributed by atoms with Crippen molar-refractivity contribution in [1.29, 1.82) is 0 Å². The first-order valence-electron chi connectivity index (χ1n) is 6.78.